The fraction of sp³-hybridized carbons (Fsp3) is 0.500. The molecule has 0 bridgehead atoms. The van der Waals surface area contributed by atoms with Crippen molar-refractivity contribution >= 4 is 6.14 Å². The van der Waals surface area contributed by atoms with Gasteiger partial charge in [0.15, 0.2) is 0 Å². The van der Waals surface area contributed by atoms with Gasteiger partial charge in [0.2, 0.25) is 0 Å². The van der Waals surface area contributed by atoms with E-state index >= 15 is 0 Å². The SMILES string of the molecule is Cc1nn(C)c(C)[c]1[Hg][c]1c(C)nn(C)c1C. The third kappa shape index (κ3) is 2.19. The minimum atomic E-state index is -1.32. The monoisotopic (exact) mass is 420 g/mol. The Hall–Kier alpha value is -0.645. The Morgan fingerprint density at radius 2 is 1.12 bits per heavy atom. The molecule has 2 rings (SSSR count). The Kier molecular flexibility index (Phi) is 3.43. The predicted molar refractivity (Wildman–Crippen MR) is 64.6 cm³/mol. The second kappa shape index (κ2) is 4.56. The molecule has 0 unspecified atom stereocenters. The van der Waals surface area contributed by atoms with Gasteiger partial charge in [0.1, 0.15) is 0 Å². The van der Waals surface area contributed by atoms with E-state index in [1.807, 2.05) is 23.5 Å². The van der Waals surface area contributed by atoms with E-state index < -0.39 is 24.6 Å². The maximum atomic E-state index is 4.52. The molecule has 2 aromatic heterocycles. The van der Waals surface area contributed by atoms with Crippen molar-refractivity contribution in [2.24, 2.45) is 14.1 Å². The summed E-state index contributed by atoms with van der Waals surface area (Å²) in [5.41, 5.74) is 5.11. The second-order valence-corrected chi connectivity index (χ2v) is 11.6. The van der Waals surface area contributed by atoms with E-state index in [1.54, 1.807) is 6.14 Å². The van der Waals surface area contributed by atoms with Crippen molar-refractivity contribution in [2.45, 2.75) is 27.7 Å². The van der Waals surface area contributed by atoms with E-state index in [1.165, 1.54) is 22.8 Å². The fourth-order valence-electron chi connectivity index (χ4n) is 2.32. The first-order chi connectivity index (χ1) is 7.91. The summed E-state index contributed by atoms with van der Waals surface area (Å²) in [5.74, 6) is 0. The molecule has 0 atom stereocenters. The topological polar surface area (TPSA) is 35.6 Å². The molecule has 2 heterocycles. The van der Waals surface area contributed by atoms with Crippen LogP contribution in [-0.4, -0.2) is 19.6 Å². The molecule has 0 aliphatic heterocycles. The van der Waals surface area contributed by atoms with Crippen molar-refractivity contribution in [1.82, 2.24) is 19.6 Å². The number of aromatic nitrogens is 4. The van der Waals surface area contributed by atoms with Crippen LogP contribution in [0.25, 0.3) is 0 Å². The molecule has 88 valence electrons. The summed E-state index contributed by atoms with van der Waals surface area (Å²) < 4.78 is 7.11. The van der Waals surface area contributed by atoms with Gasteiger partial charge in [0, 0.05) is 0 Å². The molecule has 5 heteroatoms. The van der Waals surface area contributed by atoms with Crippen LogP contribution >= 0.6 is 0 Å². The molecule has 0 spiro atoms. The Bertz CT molecular complexity index is 515. The summed E-state index contributed by atoms with van der Waals surface area (Å²) in [6.45, 7) is 8.61. The van der Waals surface area contributed by atoms with E-state index in [0.29, 0.717) is 0 Å². The van der Waals surface area contributed by atoms with Crippen molar-refractivity contribution in [3.63, 3.8) is 0 Å². The van der Waals surface area contributed by atoms with Gasteiger partial charge in [0.25, 0.3) is 0 Å². The first kappa shape index (κ1) is 12.8. The normalized spacial score (nSPS) is 10.7. The van der Waals surface area contributed by atoms with Crippen molar-refractivity contribution in [1.29, 1.82) is 0 Å². The van der Waals surface area contributed by atoms with Gasteiger partial charge in [-0.3, -0.25) is 0 Å². The Labute approximate surface area is 114 Å². The zero-order valence-corrected chi connectivity index (χ0v) is 17.0. The van der Waals surface area contributed by atoms with Gasteiger partial charge >= 0.3 is 115 Å². The Balaban J connectivity index is 2.44. The summed E-state index contributed by atoms with van der Waals surface area (Å²) >= 11 is -1.32. The summed E-state index contributed by atoms with van der Waals surface area (Å²) in [6.07, 6.45) is 0. The van der Waals surface area contributed by atoms with Crippen molar-refractivity contribution in [3.8, 4) is 0 Å². The van der Waals surface area contributed by atoms with Crippen molar-refractivity contribution < 1.29 is 24.6 Å². The summed E-state index contributed by atoms with van der Waals surface area (Å²) in [4.78, 5) is 0. The van der Waals surface area contributed by atoms with E-state index in [4.69, 9.17) is 0 Å². The molecule has 4 nitrogen and oxygen atoms in total. The maximum absolute atomic E-state index is 4.52. The molecule has 0 fully saturated rings. The number of aryl methyl sites for hydroxylation is 4. The summed E-state index contributed by atoms with van der Waals surface area (Å²) in [5, 5.41) is 9.04. The van der Waals surface area contributed by atoms with Crippen molar-refractivity contribution in [3.05, 3.63) is 22.8 Å². The first-order valence-corrected chi connectivity index (χ1v) is 11.4. The molecule has 0 saturated carbocycles. The number of hydrogen-bond acceptors (Lipinski definition) is 2. The van der Waals surface area contributed by atoms with Crippen LogP contribution in [-0.2, 0) is 38.7 Å². The van der Waals surface area contributed by atoms with E-state index in [0.717, 1.165) is 0 Å². The van der Waals surface area contributed by atoms with E-state index in [2.05, 4.69) is 37.9 Å². The molecular formula is C12H18HgN4. The van der Waals surface area contributed by atoms with Gasteiger partial charge in [-0.2, -0.15) is 0 Å². The van der Waals surface area contributed by atoms with Crippen LogP contribution in [0.5, 0.6) is 0 Å². The molecule has 0 amide bonds. The average molecular weight is 419 g/mol. The van der Waals surface area contributed by atoms with Crippen LogP contribution in [0.1, 0.15) is 22.8 Å². The van der Waals surface area contributed by atoms with Crippen LogP contribution in [0.15, 0.2) is 0 Å². The first-order valence-electron chi connectivity index (χ1n) is 5.90. The minimum absolute atomic E-state index is 1.22. The number of nitrogens with zero attached hydrogens (tertiary/aromatic N) is 4. The van der Waals surface area contributed by atoms with Crippen LogP contribution in [0.2, 0.25) is 0 Å². The van der Waals surface area contributed by atoms with Crippen LogP contribution in [0.3, 0.4) is 0 Å². The van der Waals surface area contributed by atoms with Crippen LogP contribution in [0, 0.1) is 27.7 Å². The third-order valence-corrected chi connectivity index (χ3v) is 14.4. The Morgan fingerprint density at radius 3 is 1.35 bits per heavy atom. The van der Waals surface area contributed by atoms with Gasteiger partial charge in [-0.15, -0.1) is 0 Å². The second-order valence-electron chi connectivity index (χ2n) is 4.72. The molecule has 2 aromatic rings. The molecule has 0 radical (unpaired) electrons. The standard InChI is InChI=1S/2C6H9N2.Hg/c2*1-5-4-6(2)8(3)7-5;/h2*1-3H3;. The molecule has 0 aromatic carbocycles. The molecule has 0 aliphatic rings. The van der Waals surface area contributed by atoms with Crippen molar-refractivity contribution in [2.75, 3.05) is 0 Å². The predicted octanol–water partition coefficient (Wildman–Crippen LogP) is 0.421. The zero-order chi connectivity index (χ0) is 12.7. The van der Waals surface area contributed by atoms with Gasteiger partial charge in [-0.25, -0.2) is 0 Å². The van der Waals surface area contributed by atoms with Gasteiger partial charge in [0.05, 0.1) is 0 Å². The van der Waals surface area contributed by atoms with Gasteiger partial charge in [-0.1, -0.05) is 0 Å². The van der Waals surface area contributed by atoms with Crippen LogP contribution < -0.4 is 6.14 Å². The Morgan fingerprint density at radius 1 is 0.765 bits per heavy atom. The molecule has 0 aliphatic carbocycles. The number of hydrogen-bond donors (Lipinski definition) is 0. The average Bonchev–Trinajstić information content (AvgIpc) is 2.62. The molecule has 0 saturated heterocycles. The quantitative estimate of drug-likeness (QED) is 0.663. The van der Waals surface area contributed by atoms with Gasteiger partial charge in [-0.05, 0) is 0 Å². The molecular weight excluding hydrogens is 401 g/mol. The molecule has 0 N–H and O–H groups in total. The van der Waals surface area contributed by atoms with E-state index in [9.17, 15) is 0 Å². The van der Waals surface area contributed by atoms with Gasteiger partial charge < -0.3 is 0 Å². The van der Waals surface area contributed by atoms with Crippen LogP contribution in [0.4, 0.5) is 0 Å². The number of rotatable bonds is 2. The zero-order valence-electron chi connectivity index (χ0n) is 11.5. The summed E-state index contributed by atoms with van der Waals surface area (Å²) in [6, 6.07) is 0. The van der Waals surface area contributed by atoms with E-state index in [-0.39, 0.29) is 0 Å². The fourth-order valence-corrected chi connectivity index (χ4v) is 10.0. The molecule has 17 heavy (non-hydrogen) atoms. The summed E-state index contributed by atoms with van der Waals surface area (Å²) in [7, 11) is 4.06. The third-order valence-electron chi connectivity index (χ3n) is 3.67.